The minimum atomic E-state index is -1.21. The molecule has 0 spiro atoms. The first-order valence-electron chi connectivity index (χ1n) is 11.4. The fourth-order valence-corrected chi connectivity index (χ4v) is 3.52. The molecule has 4 rings (SSSR count). The van der Waals surface area contributed by atoms with E-state index in [0.717, 1.165) is 46.5 Å². The second-order valence-electron chi connectivity index (χ2n) is 8.80. The van der Waals surface area contributed by atoms with Gasteiger partial charge in [0.25, 0.3) is 0 Å². The third-order valence-corrected chi connectivity index (χ3v) is 5.51. The quantitative estimate of drug-likeness (QED) is 0.331. The summed E-state index contributed by atoms with van der Waals surface area (Å²) >= 11 is 0. The van der Waals surface area contributed by atoms with Crippen molar-refractivity contribution >= 4 is 12.3 Å². The van der Waals surface area contributed by atoms with Crippen molar-refractivity contribution in [2.45, 2.75) is 32.9 Å². The first-order chi connectivity index (χ1) is 17.1. The van der Waals surface area contributed by atoms with Crippen LogP contribution < -0.4 is 10.1 Å². The van der Waals surface area contributed by atoms with Crippen molar-refractivity contribution in [2.75, 3.05) is 7.05 Å². The maximum absolute atomic E-state index is 11.0. The van der Waals surface area contributed by atoms with Crippen LogP contribution in [0.5, 0.6) is 5.75 Å². The molecule has 188 valence electrons. The zero-order valence-electron chi connectivity index (χ0n) is 21.1. The number of hydrogen-bond donors (Lipinski definition) is 2. The Morgan fingerprint density at radius 1 is 1.14 bits per heavy atom. The minimum Gasteiger partial charge on any atom is -0.478 e. The van der Waals surface area contributed by atoms with Gasteiger partial charge in [0, 0.05) is 19.2 Å². The van der Waals surface area contributed by atoms with Crippen LogP contribution in [0.4, 0.5) is 0 Å². The van der Waals surface area contributed by atoms with Gasteiger partial charge in [-0.3, -0.25) is 9.48 Å². The predicted molar refractivity (Wildman–Crippen MR) is 138 cm³/mol. The summed E-state index contributed by atoms with van der Waals surface area (Å²) < 4.78 is 12.6. The third-order valence-electron chi connectivity index (χ3n) is 5.51. The molecule has 36 heavy (non-hydrogen) atoms. The molecule has 2 aromatic carbocycles. The summed E-state index contributed by atoms with van der Waals surface area (Å²) in [5.41, 5.74) is 4.25. The molecule has 0 aliphatic rings. The van der Waals surface area contributed by atoms with E-state index in [4.69, 9.17) is 14.3 Å². The fourth-order valence-electron chi connectivity index (χ4n) is 3.52. The Morgan fingerprint density at radius 3 is 2.36 bits per heavy atom. The van der Waals surface area contributed by atoms with Crippen LogP contribution in [0.25, 0.3) is 22.6 Å². The molecule has 2 N–H and O–H groups in total. The standard InChI is InChI=1S/C15H12N2O2.C13H19NO3/c1-17-14(9-13(10-18)16-17)11-4-6-12(7-5-11)15-3-2-8-19-15;1-9-7-10(8-14-4)5-6-11(9)17-13(2,3)12(15)16/h2-10H,1H3;5-7,14H,8H2,1-4H3,(H,15,16). The number of nitrogens with one attached hydrogen (secondary N) is 1. The molecule has 0 saturated heterocycles. The zero-order chi connectivity index (χ0) is 26.3. The largest absolute Gasteiger partial charge is 0.478 e. The van der Waals surface area contributed by atoms with E-state index in [9.17, 15) is 9.59 Å². The van der Waals surface area contributed by atoms with Crippen LogP contribution in [-0.4, -0.2) is 39.8 Å². The molecule has 8 nitrogen and oxygen atoms in total. The molecular weight excluding hydrogens is 458 g/mol. The highest BCUT2D eigenvalue weighted by atomic mass is 16.5. The van der Waals surface area contributed by atoms with Crippen molar-refractivity contribution in [3.05, 3.63) is 83.7 Å². The van der Waals surface area contributed by atoms with Crippen molar-refractivity contribution < 1.29 is 23.8 Å². The molecule has 2 heterocycles. The highest BCUT2D eigenvalue weighted by Crippen LogP contribution is 2.26. The van der Waals surface area contributed by atoms with Crippen LogP contribution in [0.15, 0.2) is 71.3 Å². The van der Waals surface area contributed by atoms with E-state index in [1.807, 2.05) is 75.6 Å². The summed E-state index contributed by atoms with van der Waals surface area (Å²) in [7, 11) is 3.70. The number of carboxylic acids is 1. The molecule has 8 heteroatoms. The molecule has 0 saturated carbocycles. The Labute approximate surface area is 210 Å². The molecule has 0 unspecified atom stereocenters. The first kappa shape index (κ1) is 26.4. The van der Waals surface area contributed by atoms with Gasteiger partial charge in [-0.15, -0.1) is 0 Å². The molecule has 0 aliphatic carbocycles. The average Bonchev–Trinajstić information content (AvgIpc) is 3.51. The number of carboxylic acid groups (broad SMARTS) is 1. The first-order valence-corrected chi connectivity index (χ1v) is 11.4. The molecule has 0 bridgehead atoms. The lowest BCUT2D eigenvalue weighted by Gasteiger charge is -2.23. The number of aliphatic carboxylic acids is 1. The van der Waals surface area contributed by atoms with Gasteiger partial charge in [0.1, 0.15) is 17.2 Å². The molecule has 0 amide bonds. The van der Waals surface area contributed by atoms with E-state index in [-0.39, 0.29) is 0 Å². The predicted octanol–water partition coefficient (Wildman–Crippen LogP) is 5.12. The number of carbonyl (C=O) groups is 2. The number of rotatable bonds is 8. The second-order valence-corrected chi connectivity index (χ2v) is 8.80. The lowest BCUT2D eigenvalue weighted by molar-refractivity contribution is -0.152. The fraction of sp³-hybridized carbons (Fsp3) is 0.250. The van der Waals surface area contributed by atoms with E-state index in [1.54, 1.807) is 17.0 Å². The number of hydrogen-bond acceptors (Lipinski definition) is 6. The van der Waals surface area contributed by atoms with E-state index >= 15 is 0 Å². The van der Waals surface area contributed by atoms with Crippen molar-refractivity contribution in [3.8, 4) is 28.3 Å². The molecular formula is C28H31N3O5. The van der Waals surface area contributed by atoms with Crippen molar-refractivity contribution in [1.29, 1.82) is 0 Å². The summed E-state index contributed by atoms with van der Waals surface area (Å²) in [6.07, 6.45) is 2.40. The van der Waals surface area contributed by atoms with Crippen molar-refractivity contribution in [3.63, 3.8) is 0 Å². The maximum atomic E-state index is 11.0. The van der Waals surface area contributed by atoms with Gasteiger partial charge in [-0.2, -0.15) is 5.10 Å². The second kappa shape index (κ2) is 11.5. The van der Waals surface area contributed by atoms with E-state index < -0.39 is 11.6 Å². The Bertz CT molecular complexity index is 1310. The summed E-state index contributed by atoms with van der Waals surface area (Å²) in [6.45, 7) is 5.77. The molecule has 2 aromatic heterocycles. The summed E-state index contributed by atoms with van der Waals surface area (Å²) in [6, 6.07) is 19.2. The molecule has 0 radical (unpaired) electrons. The smallest absolute Gasteiger partial charge is 0.347 e. The SMILES string of the molecule is CNCc1ccc(OC(C)(C)C(=O)O)c(C)c1.Cn1nc(C=O)cc1-c1ccc(-c2ccco2)cc1. The summed E-state index contributed by atoms with van der Waals surface area (Å²) in [5, 5.41) is 16.2. The number of carbonyl (C=O) groups excluding carboxylic acids is 1. The van der Waals surface area contributed by atoms with Gasteiger partial charge in [0.05, 0.1) is 12.0 Å². The topological polar surface area (TPSA) is 107 Å². The number of furan rings is 1. The third kappa shape index (κ3) is 6.49. The summed E-state index contributed by atoms with van der Waals surface area (Å²) in [4.78, 5) is 21.7. The van der Waals surface area contributed by atoms with Gasteiger partial charge >= 0.3 is 5.97 Å². The van der Waals surface area contributed by atoms with Gasteiger partial charge in [-0.25, -0.2) is 4.79 Å². The van der Waals surface area contributed by atoms with Gasteiger partial charge in [-0.1, -0.05) is 36.4 Å². The zero-order valence-corrected chi connectivity index (χ0v) is 21.1. The highest BCUT2D eigenvalue weighted by molar-refractivity contribution is 5.77. The molecule has 0 atom stereocenters. The molecule has 4 aromatic rings. The number of nitrogens with zero attached hydrogens (tertiary/aromatic N) is 2. The number of aryl methyl sites for hydroxylation is 2. The lowest BCUT2D eigenvalue weighted by Crippen LogP contribution is -2.38. The molecule has 0 fully saturated rings. The Balaban J connectivity index is 0.000000202. The van der Waals surface area contributed by atoms with Gasteiger partial charge in [0.15, 0.2) is 11.9 Å². The van der Waals surface area contributed by atoms with Gasteiger partial charge in [-0.05, 0) is 68.8 Å². The molecule has 0 aliphatic heterocycles. The number of aromatic nitrogens is 2. The normalized spacial score (nSPS) is 10.9. The van der Waals surface area contributed by atoms with E-state index in [1.165, 1.54) is 13.8 Å². The highest BCUT2D eigenvalue weighted by Gasteiger charge is 2.29. The Morgan fingerprint density at radius 2 is 1.83 bits per heavy atom. The lowest BCUT2D eigenvalue weighted by atomic mass is 10.1. The number of ether oxygens (including phenoxy) is 1. The average molecular weight is 490 g/mol. The van der Waals surface area contributed by atoms with Crippen molar-refractivity contribution in [2.24, 2.45) is 7.05 Å². The van der Waals surface area contributed by atoms with Crippen LogP contribution in [-0.2, 0) is 18.4 Å². The Hall–Kier alpha value is -4.17. The maximum Gasteiger partial charge on any atom is 0.347 e. The number of aldehydes is 1. The van der Waals surface area contributed by atoms with E-state index in [0.29, 0.717) is 11.4 Å². The van der Waals surface area contributed by atoms with Crippen LogP contribution in [0.2, 0.25) is 0 Å². The summed E-state index contributed by atoms with van der Waals surface area (Å²) in [5.74, 6) is 0.471. The van der Waals surface area contributed by atoms with Crippen LogP contribution in [0.3, 0.4) is 0 Å². The van der Waals surface area contributed by atoms with Crippen LogP contribution in [0, 0.1) is 6.92 Å². The number of benzene rings is 2. The van der Waals surface area contributed by atoms with Crippen LogP contribution >= 0.6 is 0 Å². The van der Waals surface area contributed by atoms with Gasteiger partial charge < -0.3 is 19.6 Å². The van der Waals surface area contributed by atoms with Crippen LogP contribution in [0.1, 0.15) is 35.5 Å². The van der Waals surface area contributed by atoms with Crippen molar-refractivity contribution in [1.82, 2.24) is 15.1 Å². The Kier molecular flexibility index (Phi) is 8.45. The van der Waals surface area contributed by atoms with Gasteiger partial charge in [0.2, 0.25) is 0 Å². The monoisotopic (exact) mass is 489 g/mol. The minimum absolute atomic E-state index is 0.438. The van der Waals surface area contributed by atoms with E-state index in [2.05, 4.69) is 10.4 Å².